The van der Waals surface area contributed by atoms with E-state index in [0.29, 0.717) is 6.54 Å². The van der Waals surface area contributed by atoms with Crippen molar-refractivity contribution in [3.05, 3.63) is 34.0 Å². The van der Waals surface area contributed by atoms with Gasteiger partial charge in [0.15, 0.2) is 0 Å². The van der Waals surface area contributed by atoms with Gasteiger partial charge in [0.1, 0.15) is 11.5 Å². The maximum atomic E-state index is 11.1. The van der Waals surface area contributed by atoms with E-state index in [0.717, 1.165) is 5.82 Å². The average molecular weight is 278 g/mol. The predicted molar refractivity (Wildman–Crippen MR) is 71.8 cm³/mol. The van der Waals surface area contributed by atoms with E-state index >= 15 is 0 Å². The third-order valence-electron chi connectivity index (χ3n) is 2.70. The smallest absolute Gasteiger partial charge is 0.332 e. The van der Waals surface area contributed by atoms with Gasteiger partial charge in [-0.25, -0.2) is 15.8 Å². The lowest BCUT2D eigenvalue weighted by atomic mass is 10.3. The molecule has 10 nitrogen and oxygen atoms in total. The summed E-state index contributed by atoms with van der Waals surface area (Å²) in [5.41, 5.74) is 2.31. The molecule has 106 valence electrons. The Labute approximate surface area is 114 Å². The number of rotatable bonds is 5. The van der Waals surface area contributed by atoms with Gasteiger partial charge >= 0.3 is 5.69 Å². The summed E-state index contributed by atoms with van der Waals surface area (Å²) < 4.78 is 1.80. The van der Waals surface area contributed by atoms with Gasteiger partial charge in [0.05, 0.1) is 11.5 Å². The molecule has 0 spiro atoms. The summed E-state index contributed by atoms with van der Waals surface area (Å²) in [6.45, 7) is 1.82. The second kappa shape index (κ2) is 5.48. The van der Waals surface area contributed by atoms with Gasteiger partial charge < -0.3 is 9.88 Å². The zero-order chi connectivity index (χ0) is 14.7. The van der Waals surface area contributed by atoms with E-state index in [-0.39, 0.29) is 23.1 Å². The largest absolute Gasteiger partial charge is 0.357 e. The first-order valence-electron chi connectivity index (χ1n) is 5.72. The van der Waals surface area contributed by atoms with E-state index in [4.69, 9.17) is 5.84 Å². The van der Waals surface area contributed by atoms with Crippen LogP contribution in [0.4, 0.5) is 17.5 Å². The van der Waals surface area contributed by atoms with Crippen LogP contribution in [0.1, 0.15) is 11.5 Å². The number of imidazole rings is 1. The van der Waals surface area contributed by atoms with Gasteiger partial charge in [0.2, 0.25) is 11.8 Å². The highest BCUT2D eigenvalue weighted by molar-refractivity contribution is 5.60. The third kappa shape index (κ3) is 2.64. The molecule has 0 aliphatic rings. The number of nitrogen functional groups attached to an aromatic ring is 1. The minimum atomic E-state index is -0.531. The van der Waals surface area contributed by atoms with Crippen molar-refractivity contribution in [1.29, 1.82) is 0 Å². The van der Waals surface area contributed by atoms with Gasteiger partial charge in [-0.15, -0.1) is 0 Å². The Balaban J connectivity index is 2.31. The van der Waals surface area contributed by atoms with Gasteiger partial charge in [-0.05, 0) is 6.92 Å². The van der Waals surface area contributed by atoms with Crippen molar-refractivity contribution in [3.8, 4) is 0 Å². The van der Waals surface area contributed by atoms with Crippen LogP contribution in [0.15, 0.2) is 12.4 Å². The first-order chi connectivity index (χ1) is 9.52. The van der Waals surface area contributed by atoms with E-state index in [1.54, 1.807) is 17.0 Å². The van der Waals surface area contributed by atoms with Crippen molar-refractivity contribution < 1.29 is 4.92 Å². The fraction of sp³-hybridized carbons (Fsp3) is 0.300. The summed E-state index contributed by atoms with van der Waals surface area (Å²) in [6, 6.07) is 0. The minimum absolute atomic E-state index is 0.0958. The number of hydrogen-bond donors (Lipinski definition) is 3. The number of anilines is 2. The van der Waals surface area contributed by atoms with Crippen LogP contribution >= 0.6 is 0 Å². The molecule has 0 unspecified atom stereocenters. The van der Waals surface area contributed by atoms with Crippen molar-refractivity contribution in [2.24, 2.45) is 12.9 Å². The molecule has 0 fully saturated rings. The molecule has 2 aromatic heterocycles. The number of aromatic nitrogens is 4. The number of nitrogens with zero attached hydrogens (tertiary/aromatic N) is 5. The zero-order valence-corrected chi connectivity index (χ0v) is 11.0. The summed E-state index contributed by atoms with van der Waals surface area (Å²) in [4.78, 5) is 22.5. The van der Waals surface area contributed by atoms with Gasteiger partial charge in [0, 0.05) is 19.4 Å². The van der Waals surface area contributed by atoms with E-state index in [1.807, 2.05) is 7.05 Å². The summed E-state index contributed by atoms with van der Waals surface area (Å²) in [6.07, 6.45) is 3.42. The first kappa shape index (κ1) is 13.7. The molecular weight excluding hydrogens is 264 g/mol. The highest BCUT2D eigenvalue weighted by atomic mass is 16.6. The molecule has 0 saturated carbocycles. The first-order valence-corrected chi connectivity index (χ1v) is 5.72. The van der Waals surface area contributed by atoms with Crippen molar-refractivity contribution >= 4 is 17.5 Å². The lowest BCUT2D eigenvalue weighted by molar-refractivity contribution is -0.385. The molecule has 0 aliphatic carbocycles. The molecule has 0 saturated heterocycles. The Bertz CT molecular complexity index is 638. The number of nitro groups is 1. The normalized spacial score (nSPS) is 10.3. The van der Waals surface area contributed by atoms with Gasteiger partial charge in [-0.2, -0.15) is 4.98 Å². The van der Waals surface area contributed by atoms with E-state index in [9.17, 15) is 10.1 Å². The monoisotopic (exact) mass is 278 g/mol. The molecule has 4 N–H and O–H groups in total. The number of hydrogen-bond acceptors (Lipinski definition) is 8. The van der Waals surface area contributed by atoms with Crippen LogP contribution in [0.2, 0.25) is 0 Å². The molecule has 2 aromatic rings. The fourth-order valence-electron chi connectivity index (χ4n) is 1.70. The summed E-state index contributed by atoms with van der Waals surface area (Å²) in [5, 5.41) is 14.0. The number of hydrazine groups is 1. The number of nitrogens with one attached hydrogen (secondary N) is 2. The Morgan fingerprint density at radius 1 is 1.50 bits per heavy atom. The van der Waals surface area contributed by atoms with Crippen LogP contribution in [-0.2, 0) is 13.6 Å². The van der Waals surface area contributed by atoms with Gasteiger partial charge in [0.25, 0.3) is 0 Å². The van der Waals surface area contributed by atoms with E-state index in [2.05, 4.69) is 25.7 Å². The molecular formula is C10H14N8O2. The Morgan fingerprint density at radius 3 is 2.80 bits per heavy atom. The van der Waals surface area contributed by atoms with Crippen LogP contribution in [-0.4, -0.2) is 24.4 Å². The topological polar surface area (TPSA) is 137 Å². The van der Waals surface area contributed by atoms with Crippen molar-refractivity contribution in [2.75, 3.05) is 10.7 Å². The van der Waals surface area contributed by atoms with Crippen molar-refractivity contribution in [1.82, 2.24) is 19.5 Å². The second-order valence-corrected chi connectivity index (χ2v) is 4.04. The quantitative estimate of drug-likeness (QED) is 0.404. The van der Waals surface area contributed by atoms with Gasteiger partial charge in [-0.3, -0.25) is 15.5 Å². The standard InChI is InChI=1S/C10H14N8O2/c1-6-8(18(19)20)9(15-10(14-6)16-11)13-5-7-12-3-4-17(7)2/h3-4H,5,11H2,1-2H3,(H2,13,14,15,16). The van der Waals surface area contributed by atoms with Crippen molar-refractivity contribution in [2.45, 2.75) is 13.5 Å². The van der Waals surface area contributed by atoms with Crippen molar-refractivity contribution in [3.63, 3.8) is 0 Å². The van der Waals surface area contributed by atoms with Crippen LogP contribution in [0.3, 0.4) is 0 Å². The molecule has 20 heavy (non-hydrogen) atoms. The predicted octanol–water partition coefficient (Wildman–Crippen LogP) is 0.324. The molecule has 0 radical (unpaired) electrons. The maximum absolute atomic E-state index is 11.1. The minimum Gasteiger partial charge on any atom is -0.357 e. The molecule has 0 aromatic carbocycles. The van der Waals surface area contributed by atoms with Gasteiger partial charge in [-0.1, -0.05) is 0 Å². The summed E-state index contributed by atoms with van der Waals surface area (Å²) >= 11 is 0. The summed E-state index contributed by atoms with van der Waals surface area (Å²) in [5.74, 6) is 6.16. The molecule has 0 bridgehead atoms. The lowest BCUT2D eigenvalue weighted by Gasteiger charge is -2.09. The SMILES string of the molecule is Cc1nc(NN)nc(NCc2nccn2C)c1[N+](=O)[O-]. The highest BCUT2D eigenvalue weighted by Gasteiger charge is 2.22. The molecule has 0 atom stereocenters. The van der Waals surface area contributed by atoms with Crippen LogP contribution in [0.5, 0.6) is 0 Å². The lowest BCUT2D eigenvalue weighted by Crippen LogP contribution is -2.15. The number of nitrogens with two attached hydrogens (primary N) is 1. The number of aryl methyl sites for hydroxylation is 2. The maximum Gasteiger partial charge on any atom is 0.332 e. The van der Waals surface area contributed by atoms with Crippen LogP contribution in [0.25, 0.3) is 0 Å². The molecule has 2 heterocycles. The van der Waals surface area contributed by atoms with E-state index in [1.165, 1.54) is 6.92 Å². The van der Waals surface area contributed by atoms with E-state index < -0.39 is 4.92 Å². The zero-order valence-electron chi connectivity index (χ0n) is 11.0. The molecule has 0 aliphatic heterocycles. The molecule has 0 amide bonds. The fourth-order valence-corrected chi connectivity index (χ4v) is 1.70. The molecule has 2 rings (SSSR count). The summed E-state index contributed by atoms with van der Waals surface area (Å²) in [7, 11) is 1.83. The van der Waals surface area contributed by atoms with Crippen LogP contribution in [0, 0.1) is 17.0 Å². The molecule has 10 heteroatoms. The Hall–Kier alpha value is -2.75. The average Bonchev–Trinajstić information content (AvgIpc) is 2.80. The Morgan fingerprint density at radius 2 is 2.25 bits per heavy atom. The Kier molecular flexibility index (Phi) is 3.75. The van der Waals surface area contributed by atoms with Crippen LogP contribution < -0.4 is 16.6 Å². The third-order valence-corrected chi connectivity index (χ3v) is 2.70. The highest BCUT2D eigenvalue weighted by Crippen LogP contribution is 2.26. The second-order valence-electron chi connectivity index (χ2n) is 4.04.